The number of aromatic nitrogens is 1. The monoisotopic (exact) mass is 302 g/mol. The van der Waals surface area contributed by atoms with E-state index in [1.54, 1.807) is 0 Å². The predicted molar refractivity (Wildman–Crippen MR) is 83.0 cm³/mol. The van der Waals surface area contributed by atoms with Crippen molar-refractivity contribution in [1.82, 2.24) is 4.98 Å². The number of aryl methyl sites for hydroxylation is 1. The van der Waals surface area contributed by atoms with E-state index in [2.05, 4.69) is 11.1 Å². The van der Waals surface area contributed by atoms with E-state index in [0.717, 1.165) is 28.6 Å². The van der Waals surface area contributed by atoms with Crippen LogP contribution in [-0.4, -0.2) is 18.2 Å². The van der Waals surface area contributed by atoms with Gasteiger partial charge in [0.1, 0.15) is 10.9 Å². The van der Waals surface area contributed by atoms with Gasteiger partial charge >= 0.3 is 0 Å². The van der Waals surface area contributed by atoms with E-state index in [1.807, 2.05) is 38.1 Å². The largest absolute Gasteiger partial charge is 0.490 e. The molecule has 1 aromatic carbocycles. The summed E-state index contributed by atoms with van der Waals surface area (Å²) >= 11 is 1.45. The number of rotatable bonds is 7. The fourth-order valence-corrected chi connectivity index (χ4v) is 2.86. The van der Waals surface area contributed by atoms with Gasteiger partial charge in [0.15, 0.2) is 11.5 Å². The molecule has 0 aliphatic heterocycles. The molecule has 21 heavy (non-hydrogen) atoms. The standard InChI is InChI=1S/C16H18N2O2S/c1-3-12-15(11-17)21-16(18-12)9-10-20-14-8-6-5-7-13(14)19-4-2/h5-8H,3-4,9-10H2,1-2H3. The van der Waals surface area contributed by atoms with Gasteiger partial charge in [-0.2, -0.15) is 5.26 Å². The molecular weight excluding hydrogens is 284 g/mol. The van der Waals surface area contributed by atoms with Crippen LogP contribution < -0.4 is 9.47 Å². The van der Waals surface area contributed by atoms with Crippen molar-refractivity contribution in [3.8, 4) is 17.6 Å². The minimum Gasteiger partial charge on any atom is -0.490 e. The Morgan fingerprint density at radius 3 is 2.48 bits per heavy atom. The molecule has 0 saturated heterocycles. The average molecular weight is 302 g/mol. The minimum absolute atomic E-state index is 0.519. The molecule has 0 fully saturated rings. The van der Waals surface area contributed by atoms with Gasteiger partial charge in [0.05, 0.1) is 23.9 Å². The van der Waals surface area contributed by atoms with Crippen LogP contribution in [0, 0.1) is 11.3 Å². The molecule has 0 saturated carbocycles. The molecular formula is C16H18N2O2S. The van der Waals surface area contributed by atoms with Crippen LogP contribution in [0.15, 0.2) is 24.3 Å². The Labute approximate surface area is 129 Å². The maximum atomic E-state index is 9.03. The number of hydrogen-bond acceptors (Lipinski definition) is 5. The van der Waals surface area contributed by atoms with E-state index < -0.39 is 0 Å². The van der Waals surface area contributed by atoms with E-state index in [-0.39, 0.29) is 0 Å². The Morgan fingerprint density at radius 2 is 1.90 bits per heavy atom. The molecule has 0 bridgehead atoms. The number of hydrogen-bond donors (Lipinski definition) is 0. The number of nitriles is 1. The Kier molecular flexibility index (Phi) is 5.59. The Morgan fingerprint density at radius 1 is 1.19 bits per heavy atom. The van der Waals surface area contributed by atoms with Gasteiger partial charge in [0.2, 0.25) is 0 Å². The molecule has 0 amide bonds. The van der Waals surface area contributed by atoms with Crippen LogP contribution >= 0.6 is 11.3 Å². The van der Waals surface area contributed by atoms with Gasteiger partial charge in [-0.25, -0.2) is 4.98 Å². The van der Waals surface area contributed by atoms with Crippen LogP contribution in [0.3, 0.4) is 0 Å². The first-order valence-corrected chi connectivity index (χ1v) is 7.83. The van der Waals surface area contributed by atoms with Crippen molar-refractivity contribution in [1.29, 1.82) is 5.26 Å². The molecule has 0 aliphatic rings. The van der Waals surface area contributed by atoms with Crippen molar-refractivity contribution >= 4 is 11.3 Å². The third kappa shape index (κ3) is 3.96. The summed E-state index contributed by atoms with van der Waals surface area (Å²) in [5, 5.41) is 9.98. The first kappa shape index (κ1) is 15.3. The molecule has 4 nitrogen and oxygen atoms in total. The van der Waals surface area contributed by atoms with Crippen molar-refractivity contribution in [2.75, 3.05) is 13.2 Å². The topological polar surface area (TPSA) is 55.1 Å². The highest BCUT2D eigenvalue weighted by atomic mass is 32.1. The molecule has 1 aromatic heterocycles. The first-order chi connectivity index (χ1) is 10.3. The minimum atomic E-state index is 0.519. The van der Waals surface area contributed by atoms with Crippen molar-refractivity contribution in [2.45, 2.75) is 26.7 Å². The molecule has 2 rings (SSSR count). The zero-order valence-electron chi connectivity index (χ0n) is 12.3. The highest BCUT2D eigenvalue weighted by Crippen LogP contribution is 2.26. The maximum absolute atomic E-state index is 9.03. The lowest BCUT2D eigenvalue weighted by molar-refractivity contribution is 0.279. The molecule has 110 valence electrons. The molecule has 0 atom stereocenters. The van der Waals surface area contributed by atoms with Crippen LogP contribution in [0.1, 0.15) is 29.4 Å². The maximum Gasteiger partial charge on any atom is 0.161 e. The smallest absolute Gasteiger partial charge is 0.161 e. The van der Waals surface area contributed by atoms with Gasteiger partial charge in [-0.05, 0) is 25.5 Å². The highest BCUT2D eigenvalue weighted by Gasteiger charge is 2.10. The van der Waals surface area contributed by atoms with Gasteiger partial charge in [0.25, 0.3) is 0 Å². The first-order valence-electron chi connectivity index (χ1n) is 7.01. The van der Waals surface area contributed by atoms with E-state index in [4.69, 9.17) is 14.7 Å². The number of benzene rings is 1. The molecule has 0 unspecified atom stereocenters. The molecule has 0 aliphatic carbocycles. The summed E-state index contributed by atoms with van der Waals surface area (Å²) in [6, 6.07) is 9.83. The summed E-state index contributed by atoms with van der Waals surface area (Å²) in [4.78, 5) is 5.18. The van der Waals surface area contributed by atoms with Crippen molar-refractivity contribution in [3.63, 3.8) is 0 Å². The lowest BCUT2D eigenvalue weighted by atomic mass is 10.3. The molecule has 0 radical (unpaired) electrons. The molecule has 0 N–H and O–H groups in total. The summed E-state index contributed by atoms with van der Waals surface area (Å²) in [7, 11) is 0. The highest BCUT2D eigenvalue weighted by molar-refractivity contribution is 7.12. The summed E-state index contributed by atoms with van der Waals surface area (Å²) in [5.41, 5.74) is 0.882. The second-order valence-electron chi connectivity index (χ2n) is 4.33. The fourth-order valence-electron chi connectivity index (χ4n) is 1.93. The normalized spacial score (nSPS) is 10.1. The predicted octanol–water partition coefficient (Wildman–Crippen LogP) is 3.60. The molecule has 0 spiro atoms. The van der Waals surface area contributed by atoms with Gasteiger partial charge in [-0.3, -0.25) is 0 Å². The Hall–Kier alpha value is -2.06. The quantitative estimate of drug-likeness (QED) is 0.784. The van der Waals surface area contributed by atoms with Gasteiger partial charge < -0.3 is 9.47 Å². The number of thiazole rings is 1. The van der Waals surface area contributed by atoms with E-state index in [1.165, 1.54) is 11.3 Å². The lowest BCUT2D eigenvalue weighted by Crippen LogP contribution is -2.03. The summed E-state index contributed by atoms with van der Waals surface area (Å²) in [6.07, 6.45) is 1.48. The molecule has 1 heterocycles. The van der Waals surface area contributed by atoms with Crippen LogP contribution in [-0.2, 0) is 12.8 Å². The van der Waals surface area contributed by atoms with Crippen LogP contribution in [0.4, 0.5) is 0 Å². The second kappa shape index (κ2) is 7.65. The zero-order valence-corrected chi connectivity index (χ0v) is 13.1. The van der Waals surface area contributed by atoms with Crippen LogP contribution in [0.5, 0.6) is 11.5 Å². The van der Waals surface area contributed by atoms with Crippen LogP contribution in [0.2, 0.25) is 0 Å². The second-order valence-corrected chi connectivity index (χ2v) is 5.41. The summed E-state index contributed by atoms with van der Waals surface area (Å²) in [5.74, 6) is 1.50. The van der Waals surface area contributed by atoms with E-state index in [0.29, 0.717) is 24.5 Å². The summed E-state index contributed by atoms with van der Waals surface area (Å²) < 4.78 is 11.3. The summed E-state index contributed by atoms with van der Waals surface area (Å²) in [6.45, 7) is 5.08. The number of nitrogens with zero attached hydrogens (tertiary/aromatic N) is 2. The fraction of sp³-hybridized carbons (Fsp3) is 0.375. The number of ether oxygens (including phenoxy) is 2. The zero-order chi connectivity index (χ0) is 15.1. The SMILES string of the molecule is CCOc1ccccc1OCCc1nc(CC)c(C#N)s1. The lowest BCUT2D eigenvalue weighted by Gasteiger charge is -2.10. The third-order valence-corrected chi connectivity index (χ3v) is 3.96. The van der Waals surface area contributed by atoms with Crippen molar-refractivity contribution < 1.29 is 9.47 Å². The van der Waals surface area contributed by atoms with Gasteiger partial charge in [0, 0.05) is 6.42 Å². The van der Waals surface area contributed by atoms with Crippen molar-refractivity contribution in [2.24, 2.45) is 0 Å². The molecule has 5 heteroatoms. The van der Waals surface area contributed by atoms with Gasteiger partial charge in [-0.1, -0.05) is 19.1 Å². The number of para-hydroxylation sites is 2. The third-order valence-electron chi connectivity index (χ3n) is 2.90. The Bertz CT molecular complexity index is 631. The van der Waals surface area contributed by atoms with Crippen LogP contribution in [0.25, 0.3) is 0 Å². The Balaban J connectivity index is 1.96. The van der Waals surface area contributed by atoms with E-state index >= 15 is 0 Å². The average Bonchev–Trinajstić information content (AvgIpc) is 2.91. The van der Waals surface area contributed by atoms with E-state index in [9.17, 15) is 0 Å². The molecule has 2 aromatic rings. The van der Waals surface area contributed by atoms with Crippen molar-refractivity contribution in [3.05, 3.63) is 39.8 Å². The van der Waals surface area contributed by atoms with Gasteiger partial charge in [-0.15, -0.1) is 11.3 Å².